The SMILES string of the molecule is COc1cc2nccc(Oc3ccc(NC(=O)c4cc(Br)cn(-c5ccccc5)c4=O)c(Cl)c3)c2cc1OC. The minimum atomic E-state index is -0.595. The predicted octanol–water partition coefficient (Wildman–Crippen LogP) is 6.86. The Morgan fingerprint density at radius 3 is 2.41 bits per heavy atom. The topological polar surface area (TPSA) is 91.7 Å². The number of amides is 1. The normalized spacial score (nSPS) is 10.8. The van der Waals surface area contributed by atoms with Gasteiger partial charge in [-0.25, -0.2) is 0 Å². The van der Waals surface area contributed by atoms with Crippen molar-refractivity contribution >= 4 is 50.0 Å². The molecule has 0 radical (unpaired) electrons. The zero-order chi connectivity index (χ0) is 27.5. The minimum absolute atomic E-state index is 0.0442. The van der Waals surface area contributed by atoms with E-state index in [0.717, 1.165) is 0 Å². The summed E-state index contributed by atoms with van der Waals surface area (Å²) in [5.41, 5.74) is 1.12. The van der Waals surface area contributed by atoms with Crippen LogP contribution >= 0.6 is 27.5 Å². The number of hydrogen-bond acceptors (Lipinski definition) is 6. The molecule has 1 amide bonds. The summed E-state index contributed by atoms with van der Waals surface area (Å²) in [4.78, 5) is 30.6. The molecule has 0 unspecified atom stereocenters. The van der Waals surface area contributed by atoms with E-state index in [1.807, 2.05) is 18.2 Å². The number of nitrogens with zero attached hydrogens (tertiary/aromatic N) is 2. The number of hydrogen-bond donors (Lipinski definition) is 1. The third-order valence-corrected chi connectivity index (χ3v) is 6.63. The summed E-state index contributed by atoms with van der Waals surface area (Å²) in [7, 11) is 3.11. The molecule has 0 aliphatic rings. The molecular weight excluding hydrogens is 586 g/mol. The number of anilines is 1. The van der Waals surface area contributed by atoms with Crippen LogP contribution < -0.4 is 25.1 Å². The van der Waals surface area contributed by atoms with Gasteiger partial charge in [0.15, 0.2) is 11.5 Å². The molecule has 0 saturated heterocycles. The number of para-hydroxylation sites is 1. The van der Waals surface area contributed by atoms with Crippen LogP contribution in [0.15, 0.2) is 94.5 Å². The van der Waals surface area contributed by atoms with E-state index in [0.29, 0.717) is 49.7 Å². The van der Waals surface area contributed by atoms with Crippen molar-refractivity contribution in [1.82, 2.24) is 9.55 Å². The first kappa shape index (κ1) is 26.3. The fraction of sp³-hybridized carbons (Fsp3) is 0.0690. The quantitative estimate of drug-likeness (QED) is 0.218. The first-order valence-electron chi connectivity index (χ1n) is 11.6. The van der Waals surface area contributed by atoms with Crippen LogP contribution in [0.5, 0.6) is 23.0 Å². The Kier molecular flexibility index (Phi) is 7.53. The van der Waals surface area contributed by atoms with Crippen molar-refractivity contribution in [2.24, 2.45) is 0 Å². The lowest BCUT2D eigenvalue weighted by Crippen LogP contribution is -2.28. The number of carbonyl (C=O) groups is 1. The highest BCUT2D eigenvalue weighted by Gasteiger charge is 2.17. The highest BCUT2D eigenvalue weighted by Crippen LogP contribution is 2.38. The Morgan fingerprint density at radius 1 is 0.949 bits per heavy atom. The summed E-state index contributed by atoms with van der Waals surface area (Å²) >= 11 is 9.88. The van der Waals surface area contributed by atoms with Gasteiger partial charge in [0.05, 0.1) is 30.4 Å². The molecule has 8 nitrogen and oxygen atoms in total. The van der Waals surface area contributed by atoms with Crippen molar-refractivity contribution < 1.29 is 19.0 Å². The average Bonchev–Trinajstić information content (AvgIpc) is 2.95. The number of nitrogens with one attached hydrogen (secondary N) is 1. The van der Waals surface area contributed by atoms with E-state index in [1.165, 1.54) is 10.6 Å². The fourth-order valence-corrected chi connectivity index (χ4v) is 4.66. The maximum absolute atomic E-state index is 13.1. The summed E-state index contributed by atoms with van der Waals surface area (Å²) in [5.74, 6) is 1.47. The van der Waals surface area contributed by atoms with Crippen molar-refractivity contribution in [1.29, 1.82) is 0 Å². The Hall–Kier alpha value is -4.34. The number of rotatable bonds is 7. The van der Waals surface area contributed by atoms with Gasteiger partial charge in [-0.2, -0.15) is 0 Å². The maximum atomic E-state index is 13.1. The first-order valence-corrected chi connectivity index (χ1v) is 12.8. The zero-order valence-corrected chi connectivity index (χ0v) is 23.1. The van der Waals surface area contributed by atoms with E-state index in [9.17, 15) is 9.59 Å². The lowest BCUT2D eigenvalue weighted by atomic mass is 10.2. The monoisotopic (exact) mass is 605 g/mol. The molecule has 5 rings (SSSR count). The third-order valence-electron chi connectivity index (χ3n) is 5.89. The first-order chi connectivity index (χ1) is 18.9. The number of carbonyl (C=O) groups excluding carboxylic acids is 1. The molecule has 196 valence electrons. The Bertz CT molecular complexity index is 1760. The van der Waals surface area contributed by atoms with E-state index >= 15 is 0 Å². The molecule has 39 heavy (non-hydrogen) atoms. The van der Waals surface area contributed by atoms with Crippen LogP contribution in [0.25, 0.3) is 16.6 Å². The van der Waals surface area contributed by atoms with Crippen molar-refractivity contribution in [2.45, 2.75) is 0 Å². The molecule has 3 aromatic carbocycles. The molecule has 5 aromatic rings. The molecule has 0 fully saturated rings. The van der Waals surface area contributed by atoms with Crippen LogP contribution in [-0.2, 0) is 0 Å². The molecular formula is C29H21BrClN3O5. The van der Waals surface area contributed by atoms with E-state index in [4.69, 9.17) is 25.8 Å². The van der Waals surface area contributed by atoms with Gasteiger partial charge in [-0.3, -0.25) is 19.1 Å². The molecule has 0 atom stereocenters. The molecule has 0 aliphatic heterocycles. The second-order valence-electron chi connectivity index (χ2n) is 8.31. The van der Waals surface area contributed by atoms with Crippen LogP contribution in [0.1, 0.15) is 10.4 Å². The summed E-state index contributed by atoms with van der Waals surface area (Å²) in [6, 6.07) is 20.6. The average molecular weight is 607 g/mol. The molecule has 10 heteroatoms. The van der Waals surface area contributed by atoms with Crippen LogP contribution in [-0.4, -0.2) is 29.7 Å². The van der Waals surface area contributed by atoms with Gasteiger partial charge in [0, 0.05) is 40.1 Å². The smallest absolute Gasteiger partial charge is 0.268 e. The number of aromatic nitrogens is 2. The molecule has 0 spiro atoms. The Balaban J connectivity index is 1.40. The van der Waals surface area contributed by atoms with Gasteiger partial charge in [-0.05, 0) is 58.4 Å². The number of methoxy groups -OCH3 is 2. The maximum Gasteiger partial charge on any atom is 0.268 e. The molecule has 0 aliphatic carbocycles. The van der Waals surface area contributed by atoms with Crippen molar-refractivity contribution in [3.63, 3.8) is 0 Å². The van der Waals surface area contributed by atoms with Crippen molar-refractivity contribution in [3.8, 4) is 28.7 Å². The Morgan fingerprint density at radius 2 is 1.69 bits per heavy atom. The molecule has 0 saturated carbocycles. The summed E-state index contributed by atoms with van der Waals surface area (Å²) in [6.07, 6.45) is 3.24. The van der Waals surface area contributed by atoms with Crippen LogP contribution in [0.2, 0.25) is 5.02 Å². The minimum Gasteiger partial charge on any atom is -0.493 e. The van der Waals surface area contributed by atoms with Crippen LogP contribution in [0.4, 0.5) is 5.69 Å². The van der Waals surface area contributed by atoms with E-state index in [-0.39, 0.29) is 10.6 Å². The molecule has 1 N–H and O–H groups in total. The number of benzene rings is 3. The number of fused-ring (bicyclic) bond motifs is 1. The standard InChI is InChI=1S/C29H21BrClN3O5/c1-37-26-14-20-24(15-27(26)38-2)32-11-10-25(20)39-19-8-9-23(22(31)13-19)33-28(35)21-12-17(30)16-34(29(21)36)18-6-4-3-5-7-18/h3-16H,1-2H3,(H,33,35). The summed E-state index contributed by atoms with van der Waals surface area (Å²) in [5, 5.41) is 3.67. The van der Waals surface area contributed by atoms with Crippen molar-refractivity contribution in [2.75, 3.05) is 19.5 Å². The van der Waals surface area contributed by atoms with Gasteiger partial charge in [-0.15, -0.1) is 0 Å². The zero-order valence-electron chi connectivity index (χ0n) is 20.8. The lowest BCUT2D eigenvalue weighted by molar-refractivity contribution is 0.102. The Labute approximate surface area is 236 Å². The van der Waals surface area contributed by atoms with Gasteiger partial charge in [0.2, 0.25) is 0 Å². The second kappa shape index (κ2) is 11.2. The third kappa shape index (κ3) is 5.45. The van der Waals surface area contributed by atoms with Crippen LogP contribution in [0, 0.1) is 0 Å². The number of halogens is 2. The van der Waals surface area contributed by atoms with E-state index in [2.05, 4.69) is 26.2 Å². The number of ether oxygens (including phenoxy) is 3. The molecule has 2 heterocycles. The van der Waals surface area contributed by atoms with Crippen LogP contribution in [0.3, 0.4) is 0 Å². The van der Waals surface area contributed by atoms with E-state index < -0.39 is 11.5 Å². The van der Waals surface area contributed by atoms with Gasteiger partial charge >= 0.3 is 0 Å². The van der Waals surface area contributed by atoms with Gasteiger partial charge in [0.25, 0.3) is 11.5 Å². The lowest BCUT2D eigenvalue weighted by Gasteiger charge is -2.14. The van der Waals surface area contributed by atoms with Gasteiger partial charge in [-0.1, -0.05) is 29.8 Å². The predicted molar refractivity (Wildman–Crippen MR) is 154 cm³/mol. The summed E-state index contributed by atoms with van der Waals surface area (Å²) < 4.78 is 18.8. The summed E-state index contributed by atoms with van der Waals surface area (Å²) in [6.45, 7) is 0. The highest BCUT2D eigenvalue weighted by molar-refractivity contribution is 9.10. The number of pyridine rings is 2. The van der Waals surface area contributed by atoms with E-state index in [1.54, 1.807) is 75.1 Å². The van der Waals surface area contributed by atoms with Gasteiger partial charge < -0.3 is 19.5 Å². The highest BCUT2D eigenvalue weighted by atomic mass is 79.9. The fourth-order valence-electron chi connectivity index (χ4n) is 4.01. The van der Waals surface area contributed by atoms with Gasteiger partial charge in [0.1, 0.15) is 17.1 Å². The second-order valence-corrected chi connectivity index (χ2v) is 9.64. The van der Waals surface area contributed by atoms with Crippen molar-refractivity contribution in [3.05, 3.63) is 111 Å². The molecule has 0 bridgehead atoms. The molecule has 2 aromatic heterocycles. The largest absolute Gasteiger partial charge is 0.493 e.